The van der Waals surface area contributed by atoms with Gasteiger partial charge in [0.25, 0.3) is 5.69 Å². The van der Waals surface area contributed by atoms with Crippen LogP contribution in [0, 0.1) is 22.0 Å². The van der Waals surface area contributed by atoms with Crippen LogP contribution in [0.5, 0.6) is 5.75 Å². The fourth-order valence-electron chi connectivity index (χ4n) is 6.33. The van der Waals surface area contributed by atoms with Gasteiger partial charge in [-0.2, -0.15) is 0 Å². The molecule has 1 fully saturated rings. The standard InChI is InChI=1S/C28H21Cl2N3O6/c1-14(24(34)31-20-13-15(39-2)11-12-21(20)33(37)38)32-25(35)22-23(26(32)36)28(30)17-8-4-3-7-16(17)27(22,29)18-9-5-6-10-19(18)28/h3-14,22-23H,1-2H3,(H,31,34)/t14-,22-,23+,27?,28?/m0/s1. The number of anilines is 1. The van der Waals surface area contributed by atoms with Crippen LogP contribution >= 0.6 is 23.2 Å². The van der Waals surface area contributed by atoms with Crippen molar-refractivity contribution in [2.45, 2.75) is 22.7 Å². The molecule has 3 atom stereocenters. The minimum atomic E-state index is -1.38. The normalized spacial score (nSPS) is 26.9. The number of ether oxygens (including phenoxy) is 1. The molecule has 3 aromatic carbocycles. The fraction of sp³-hybridized carbons (Fsp3) is 0.250. The molecule has 1 saturated heterocycles. The van der Waals surface area contributed by atoms with Crippen LogP contribution in [0.25, 0.3) is 0 Å². The molecule has 39 heavy (non-hydrogen) atoms. The zero-order valence-corrected chi connectivity index (χ0v) is 22.2. The highest BCUT2D eigenvalue weighted by molar-refractivity contribution is 6.36. The number of hydrogen-bond acceptors (Lipinski definition) is 6. The summed E-state index contributed by atoms with van der Waals surface area (Å²) in [7, 11) is 1.38. The number of likely N-dealkylation sites (tertiary alicyclic amines) is 1. The fourth-order valence-corrected chi connectivity index (χ4v) is 7.42. The maximum Gasteiger partial charge on any atom is 0.293 e. The Morgan fingerprint density at radius 2 is 1.41 bits per heavy atom. The molecule has 9 nitrogen and oxygen atoms in total. The van der Waals surface area contributed by atoms with Crippen molar-refractivity contribution < 1.29 is 24.0 Å². The molecule has 0 radical (unpaired) electrons. The number of benzene rings is 3. The van der Waals surface area contributed by atoms with Crippen molar-refractivity contribution in [1.82, 2.24) is 4.90 Å². The van der Waals surface area contributed by atoms with Crippen LogP contribution in [0.1, 0.15) is 29.2 Å². The third-order valence-corrected chi connectivity index (χ3v) is 9.33. The molecule has 0 spiro atoms. The number of nitro groups is 1. The third kappa shape index (κ3) is 3.17. The van der Waals surface area contributed by atoms with Gasteiger partial charge >= 0.3 is 0 Å². The summed E-state index contributed by atoms with van der Waals surface area (Å²) in [4.78, 5) is 50.4. The van der Waals surface area contributed by atoms with Crippen LogP contribution in [-0.2, 0) is 24.1 Å². The van der Waals surface area contributed by atoms with E-state index in [-0.39, 0.29) is 17.1 Å². The van der Waals surface area contributed by atoms with E-state index < -0.39 is 50.3 Å². The van der Waals surface area contributed by atoms with Gasteiger partial charge in [0.2, 0.25) is 17.7 Å². The topological polar surface area (TPSA) is 119 Å². The molecule has 7 rings (SSSR count). The molecule has 198 valence electrons. The van der Waals surface area contributed by atoms with Gasteiger partial charge in [0, 0.05) is 12.1 Å². The van der Waals surface area contributed by atoms with E-state index in [1.54, 1.807) is 24.3 Å². The van der Waals surface area contributed by atoms with Crippen LogP contribution in [0.15, 0.2) is 66.7 Å². The highest BCUT2D eigenvalue weighted by atomic mass is 35.5. The Morgan fingerprint density at radius 1 is 0.949 bits per heavy atom. The molecule has 3 amide bonds. The van der Waals surface area contributed by atoms with Gasteiger partial charge in [-0.15, -0.1) is 23.2 Å². The van der Waals surface area contributed by atoms with Gasteiger partial charge in [-0.1, -0.05) is 48.5 Å². The number of rotatable bonds is 5. The second-order valence-corrected chi connectivity index (χ2v) is 11.0. The summed E-state index contributed by atoms with van der Waals surface area (Å²) in [5, 5.41) is 14.0. The lowest BCUT2D eigenvalue weighted by atomic mass is 9.54. The number of nitro benzene ring substituents is 1. The number of imide groups is 1. The predicted molar refractivity (Wildman–Crippen MR) is 143 cm³/mol. The molecule has 4 aliphatic rings. The zero-order valence-electron chi connectivity index (χ0n) is 20.7. The monoisotopic (exact) mass is 565 g/mol. The average molecular weight is 566 g/mol. The number of carbonyl (C=O) groups is 3. The van der Waals surface area contributed by atoms with Crippen molar-refractivity contribution in [3.63, 3.8) is 0 Å². The van der Waals surface area contributed by atoms with Gasteiger partial charge in [0.1, 0.15) is 27.2 Å². The third-order valence-electron chi connectivity index (χ3n) is 8.04. The quantitative estimate of drug-likeness (QED) is 0.210. The first-order valence-electron chi connectivity index (χ1n) is 12.1. The number of halogens is 2. The van der Waals surface area contributed by atoms with Gasteiger partial charge in [-0.25, -0.2) is 0 Å². The van der Waals surface area contributed by atoms with E-state index in [1.165, 1.54) is 32.2 Å². The van der Waals surface area contributed by atoms with Crippen LogP contribution in [-0.4, -0.2) is 40.7 Å². The van der Waals surface area contributed by atoms with Gasteiger partial charge in [0.05, 0.1) is 23.9 Å². The van der Waals surface area contributed by atoms with Gasteiger partial charge in [-0.3, -0.25) is 29.4 Å². The highest BCUT2D eigenvalue weighted by Crippen LogP contribution is 2.69. The molecule has 2 bridgehead atoms. The molecule has 1 aliphatic heterocycles. The Bertz CT molecular complexity index is 1490. The number of carbonyl (C=O) groups excluding carboxylic acids is 3. The number of nitrogens with one attached hydrogen (secondary N) is 1. The lowest BCUT2D eigenvalue weighted by molar-refractivity contribution is -0.383. The molecule has 3 aromatic rings. The molecular formula is C28H21Cl2N3O6. The van der Waals surface area contributed by atoms with E-state index in [0.29, 0.717) is 22.3 Å². The van der Waals surface area contributed by atoms with Crippen molar-refractivity contribution >= 4 is 52.3 Å². The summed E-state index contributed by atoms with van der Waals surface area (Å²) in [5.74, 6) is -3.89. The van der Waals surface area contributed by atoms with E-state index in [9.17, 15) is 24.5 Å². The second kappa shape index (κ2) is 8.53. The summed E-state index contributed by atoms with van der Waals surface area (Å²) >= 11 is 14.8. The Balaban J connectivity index is 1.42. The number of methoxy groups -OCH3 is 1. The minimum absolute atomic E-state index is 0.129. The molecule has 1 N–H and O–H groups in total. The molecular weight excluding hydrogens is 545 g/mol. The van der Waals surface area contributed by atoms with Crippen molar-refractivity contribution in [2.24, 2.45) is 11.8 Å². The first kappa shape index (κ1) is 25.3. The lowest BCUT2D eigenvalue weighted by Gasteiger charge is -2.54. The smallest absolute Gasteiger partial charge is 0.293 e. The predicted octanol–water partition coefficient (Wildman–Crippen LogP) is 4.52. The van der Waals surface area contributed by atoms with E-state index in [0.717, 1.165) is 4.90 Å². The summed E-state index contributed by atoms with van der Waals surface area (Å²) in [6.45, 7) is 1.39. The summed E-state index contributed by atoms with van der Waals surface area (Å²) in [5.41, 5.74) is 2.09. The Labute approximate surface area is 232 Å². The Kier molecular flexibility index (Phi) is 5.54. The second-order valence-electron chi connectivity index (χ2n) is 9.82. The van der Waals surface area contributed by atoms with Crippen molar-refractivity contribution in [1.29, 1.82) is 0 Å². The van der Waals surface area contributed by atoms with Crippen LogP contribution < -0.4 is 10.1 Å². The van der Waals surface area contributed by atoms with Crippen LogP contribution in [0.3, 0.4) is 0 Å². The molecule has 0 saturated carbocycles. The average Bonchev–Trinajstić information content (AvgIpc) is 3.21. The van der Waals surface area contributed by atoms with Crippen molar-refractivity contribution in [3.05, 3.63) is 99.1 Å². The number of amides is 3. The van der Waals surface area contributed by atoms with Crippen molar-refractivity contribution in [2.75, 3.05) is 12.4 Å². The summed E-state index contributed by atoms with van der Waals surface area (Å²) in [6.07, 6.45) is 0. The minimum Gasteiger partial charge on any atom is -0.497 e. The molecule has 11 heteroatoms. The SMILES string of the molecule is COc1ccc([N+](=O)[O-])c(NC(=O)[C@H](C)N2C(=O)[C@@H]3[C@H](C2=O)C2(Cl)c4ccccc4C3(Cl)c3ccccc32)c1. The lowest BCUT2D eigenvalue weighted by Crippen LogP contribution is -2.57. The molecule has 0 unspecified atom stereocenters. The first-order chi connectivity index (χ1) is 18.6. The summed E-state index contributed by atoms with van der Waals surface area (Å²) in [6, 6.07) is 17.0. The van der Waals surface area contributed by atoms with Crippen LogP contribution in [0.4, 0.5) is 11.4 Å². The largest absolute Gasteiger partial charge is 0.497 e. The van der Waals surface area contributed by atoms with E-state index in [1.807, 2.05) is 24.3 Å². The number of nitrogens with zero attached hydrogens (tertiary/aromatic N) is 2. The van der Waals surface area contributed by atoms with Crippen LogP contribution in [0.2, 0.25) is 0 Å². The van der Waals surface area contributed by atoms with Gasteiger partial charge < -0.3 is 10.1 Å². The number of hydrogen-bond donors (Lipinski definition) is 1. The highest BCUT2D eigenvalue weighted by Gasteiger charge is 2.73. The van der Waals surface area contributed by atoms with E-state index in [2.05, 4.69) is 5.32 Å². The first-order valence-corrected chi connectivity index (χ1v) is 12.9. The maximum absolute atomic E-state index is 14.0. The molecule has 3 aliphatic carbocycles. The molecule has 0 aromatic heterocycles. The number of alkyl halides is 2. The Hall–Kier alpha value is -3.95. The van der Waals surface area contributed by atoms with Gasteiger partial charge in [0.15, 0.2) is 0 Å². The zero-order chi connectivity index (χ0) is 27.9. The van der Waals surface area contributed by atoms with E-state index in [4.69, 9.17) is 27.9 Å². The van der Waals surface area contributed by atoms with Gasteiger partial charge in [-0.05, 0) is 35.2 Å². The Morgan fingerprint density at radius 3 is 1.82 bits per heavy atom. The van der Waals surface area contributed by atoms with Crippen molar-refractivity contribution in [3.8, 4) is 5.75 Å². The van der Waals surface area contributed by atoms with E-state index >= 15 is 0 Å². The maximum atomic E-state index is 14.0. The molecule has 1 heterocycles. The summed E-state index contributed by atoms with van der Waals surface area (Å²) < 4.78 is 5.12.